The van der Waals surface area contributed by atoms with Gasteiger partial charge in [0.05, 0.1) is 6.54 Å². The zero-order chi connectivity index (χ0) is 18.9. The van der Waals surface area contributed by atoms with E-state index in [-0.39, 0.29) is 6.54 Å². The smallest absolute Gasteiger partial charge is 0.323 e. The van der Waals surface area contributed by atoms with Crippen LogP contribution >= 0.6 is 11.8 Å². The van der Waals surface area contributed by atoms with Crippen LogP contribution in [0.1, 0.15) is 0 Å². The number of anilines is 2. The van der Waals surface area contributed by atoms with Crippen LogP contribution in [0.15, 0.2) is 59.5 Å². The summed E-state index contributed by atoms with van der Waals surface area (Å²) in [6.07, 6.45) is 1.93. The Morgan fingerprint density at radius 3 is 2.46 bits per heavy atom. The van der Waals surface area contributed by atoms with Crippen LogP contribution in [0, 0.1) is 0 Å². The number of nitrogens with one attached hydrogen (secondary N) is 2. The number of nitrogens with zero attached hydrogens (tertiary/aromatic N) is 1. The summed E-state index contributed by atoms with van der Waals surface area (Å²) in [5.74, 6) is -1.66. The van der Waals surface area contributed by atoms with Crippen LogP contribution in [0.5, 0.6) is 0 Å². The molecule has 0 atom stereocenters. The summed E-state index contributed by atoms with van der Waals surface area (Å²) in [5.41, 5.74) is 1.06. The number of rotatable bonds is 7. The van der Waals surface area contributed by atoms with E-state index in [1.165, 1.54) is 0 Å². The van der Waals surface area contributed by atoms with Gasteiger partial charge in [0.15, 0.2) is 0 Å². The third-order valence-electron chi connectivity index (χ3n) is 3.39. The molecule has 0 aliphatic rings. The largest absolute Gasteiger partial charge is 0.480 e. The van der Waals surface area contributed by atoms with Gasteiger partial charge in [0.25, 0.3) is 0 Å². The van der Waals surface area contributed by atoms with Crippen LogP contribution in [0.2, 0.25) is 0 Å². The van der Waals surface area contributed by atoms with Crippen LogP contribution in [-0.4, -0.2) is 42.4 Å². The number of aliphatic carboxylic acids is 1. The van der Waals surface area contributed by atoms with E-state index in [4.69, 9.17) is 5.11 Å². The van der Waals surface area contributed by atoms with E-state index in [0.717, 1.165) is 9.80 Å². The minimum absolute atomic E-state index is 0.323. The van der Waals surface area contributed by atoms with Gasteiger partial charge in [-0.05, 0) is 36.6 Å². The Labute approximate surface area is 155 Å². The first-order valence-corrected chi connectivity index (χ1v) is 8.98. The maximum atomic E-state index is 12.4. The normalized spacial score (nSPS) is 10.0. The Bertz CT molecular complexity index is 783. The van der Waals surface area contributed by atoms with Gasteiger partial charge in [0.2, 0.25) is 5.91 Å². The second-order valence-electron chi connectivity index (χ2n) is 5.25. The lowest BCUT2D eigenvalue weighted by Gasteiger charge is -2.21. The number of hydrogen-bond donors (Lipinski definition) is 3. The van der Waals surface area contributed by atoms with Crippen molar-refractivity contribution in [2.24, 2.45) is 0 Å². The van der Waals surface area contributed by atoms with Gasteiger partial charge in [-0.25, -0.2) is 4.79 Å². The lowest BCUT2D eigenvalue weighted by atomic mass is 10.2. The molecule has 0 fully saturated rings. The van der Waals surface area contributed by atoms with E-state index in [0.29, 0.717) is 11.4 Å². The van der Waals surface area contributed by atoms with Crippen LogP contribution in [0.4, 0.5) is 16.2 Å². The molecule has 0 spiro atoms. The Kier molecular flexibility index (Phi) is 7.04. The van der Waals surface area contributed by atoms with Crippen LogP contribution in [0.25, 0.3) is 0 Å². The second-order valence-corrected chi connectivity index (χ2v) is 6.13. The molecule has 8 heteroatoms. The molecular weight excluding hydrogens is 354 g/mol. The van der Waals surface area contributed by atoms with Gasteiger partial charge in [-0.3, -0.25) is 14.5 Å². The molecule has 2 rings (SSSR count). The highest BCUT2D eigenvalue weighted by atomic mass is 32.2. The zero-order valence-electron chi connectivity index (χ0n) is 14.1. The van der Waals surface area contributed by atoms with Gasteiger partial charge in [-0.2, -0.15) is 0 Å². The fourth-order valence-electron chi connectivity index (χ4n) is 2.19. The third kappa shape index (κ3) is 5.82. The van der Waals surface area contributed by atoms with Gasteiger partial charge in [0.1, 0.15) is 6.54 Å². The average molecular weight is 373 g/mol. The highest BCUT2D eigenvalue weighted by Crippen LogP contribution is 2.18. The van der Waals surface area contributed by atoms with E-state index < -0.39 is 24.5 Å². The van der Waals surface area contributed by atoms with Crippen molar-refractivity contribution in [3.63, 3.8) is 0 Å². The molecule has 0 aliphatic heterocycles. The predicted molar refractivity (Wildman–Crippen MR) is 102 cm³/mol. The summed E-state index contributed by atoms with van der Waals surface area (Å²) in [4.78, 5) is 37.5. The van der Waals surface area contributed by atoms with Crippen molar-refractivity contribution in [1.82, 2.24) is 5.32 Å². The summed E-state index contributed by atoms with van der Waals surface area (Å²) in [5, 5.41) is 14.1. The molecule has 0 saturated carbocycles. The maximum absolute atomic E-state index is 12.4. The number of carbonyl (C=O) groups is 3. The first kappa shape index (κ1) is 19.3. The number of urea groups is 1. The SMILES string of the molecule is CSc1cccc(NC(=O)NCC(=O)N(CC(=O)O)c2ccccc2)c1. The van der Waals surface area contributed by atoms with E-state index in [1.54, 1.807) is 48.2 Å². The van der Waals surface area contributed by atoms with Gasteiger partial charge in [-0.1, -0.05) is 24.3 Å². The molecule has 2 aromatic carbocycles. The fraction of sp³-hybridized carbons (Fsp3) is 0.167. The summed E-state index contributed by atoms with van der Waals surface area (Å²) >= 11 is 1.55. The van der Waals surface area contributed by atoms with Gasteiger partial charge in [-0.15, -0.1) is 11.8 Å². The topological polar surface area (TPSA) is 98.7 Å². The van der Waals surface area contributed by atoms with Crippen molar-refractivity contribution in [3.8, 4) is 0 Å². The Hall–Kier alpha value is -3.00. The molecule has 0 aromatic heterocycles. The molecule has 0 bridgehead atoms. The molecule has 0 heterocycles. The molecule has 0 unspecified atom stereocenters. The highest BCUT2D eigenvalue weighted by molar-refractivity contribution is 7.98. The molecule has 0 radical (unpaired) electrons. The molecule has 7 nitrogen and oxygen atoms in total. The third-order valence-corrected chi connectivity index (χ3v) is 4.12. The Morgan fingerprint density at radius 1 is 1.08 bits per heavy atom. The lowest BCUT2D eigenvalue weighted by Crippen LogP contribution is -2.43. The van der Waals surface area contributed by atoms with Gasteiger partial charge in [0, 0.05) is 16.3 Å². The molecular formula is C18H19N3O4S. The highest BCUT2D eigenvalue weighted by Gasteiger charge is 2.19. The van der Waals surface area contributed by atoms with Crippen molar-refractivity contribution < 1.29 is 19.5 Å². The fourth-order valence-corrected chi connectivity index (χ4v) is 2.65. The molecule has 3 N–H and O–H groups in total. The van der Waals surface area contributed by atoms with Crippen LogP contribution in [-0.2, 0) is 9.59 Å². The summed E-state index contributed by atoms with van der Waals surface area (Å²) in [7, 11) is 0. The monoisotopic (exact) mass is 373 g/mol. The number of carboxylic acid groups (broad SMARTS) is 1. The van der Waals surface area contributed by atoms with E-state index in [1.807, 2.05) is 24.5 Å². The maximum Gasteiger partial charge on any atom is 0.323 e. The zero-order valence-corrected chi connectivity index (χ0v) is 15.0. The number of carbonyl (C=O) groups excluding carboxylic acids is 2. The summed E-state index contributed by atoms with van der Waals surface area (Å²) in [6.45, 7) is -0.807. The van der Waals surface area contributed by atoms with Crippen LogP contribution < -0.4 is 15.5 Å². The van der Waals surface area contributed by atoms with Crippen molar-refractivity contribution in [2.45, 2.75) is 4.90 Å². The molecule has 26 heavy (non-hydrogen) atoms. The number of thioether (sulfide) groups is 1. The van der Waals surface area contributed by atoms with E-state index in [2.05, 4.69) is 10.6 Å². The second kappa shape index (κ2) is 9.47. The summed E-state index contributed by atoms with van der Waals surface area (Å²) in [6, 6.07) is 15.2. The van der Waals surface area contributed by atoms with Crippen molar-refractivity contribution >= 4 is 41.0 Å². The number of carboxylic acids is 1. The first-order valence-electron chi connectivity index (χ1n) is 7.75. The molecule has 136 valence electrons. The number of amides is 3. The first-order chi connectivity index (χ1) is 12.5. The molecule has 0 aliphatic carbocycles. The van der Waals surface area contributed by atoms with E-state index in [9.17, 15) is 14.4 Å². The minimum Gasteiger partial charge on any atom is -0.480 e. The minimum atomic E-state index is -1.14. The van der Waals surface area contributed by atoms with Gasteiger partial charge >= 0.3 is 12.0 Å². The predicted octanol–water partition coefficient (Wildman–Crippen LogP) is 2.65. The standard InChI is InChI=1S/C18H19N3O4S/c1-26-15-9-5-6-13(10-15)20-18(25)19-11-16(22)21(12-17(23)24)14-7-3-2-4-8-14/h2-10H,11-12H2,1H3,(H,23,24)(H2,19,20,25). The lowest BCUT2D eigenvalue weighted by molar-refractivity contribution is -0.136. The molecule has 3 amide bonds. The van der Waals surface area contributed by atoms with Gasteiger partial charge < -0.3 is 15.7 Å². The molecule has 2 aromatic rings. The molecule has 0 saturated heterocycles. The van der Waals surface area contributed by atoms with Crippen molar-refractivity contribution in [2.75, 3.05) is 29.6 Å². The van der Waals surface area contributed by atoms with Crippen molar-refractivity contribution in [1.29, 1.82) is 0 Å². The quantitative estimate of drug-likeness (QED) is 0.648. The average Bonchev–Trinajstić information content (AvgIpc) is 2.65. The number of para-hydroxylation sites is 1. The summed E-state index contributed by atoms with van der Waals surface area (Å²) < 4.78 is 0. The Balaban J connectivity index is 1.96. The van der Waals surface area contributed by atoms with E-state index >= 15 is 0 Å². The Morgan fingerprint density at radius 2 is 1.81 bits per heavy atom. The van der Waals surface area contributed by atoms with Crippen molar-refractivity contribution in [3.05, 3.63) is 54.6 Å². The van der Waals surface area contributed by atoms with Crippen LogP contribution in [0.3, 0.4) is 0 Å². The number of hydrogen-bond acceptors (Lipinski definition) is 4. The number of benzene rings is 2.